The number of aliphatic imine (C=N–C) groups is 1. The second-order valence-electron chi connectivity index (χ2n) is 6.66. The van der Waals surface area contributed by atoms with E-state index >= 15 is 0 Å². The maximum atomic E-state index is 8.34. The Morgan fingerprint density at radius 2 is 1.95 bits per heavy atom. The number of thiol groups is 1. The Balaban J connectivity index is 1.93. The second-order valence-corrected chi connectivity index (χ2v) is 6.94. The zero-order valence-corrected chi connectivity index (χ0v) is 13.9. The summed E-state index contributed by atoms with van der Waals surface area (Å²) >= 11 is 4.45. The van der Waals surface area contributed by atoms with Crippen LogP contribution in [-0.2, 0) is 0 Å². The summed E-state index contributed by atoms with van der Waals surface area (Å²) in [5.74, 6) is 1.85. The molecule has 0 amide bonds. The summed E-state index contributed by atoms with van der Waals surface area (Å²) in [4.78, 5) is 7.17. The van der Waals surface area contributed by atoms with E-state index in [4.69, 9.17) is 5.41 Å². The van der Waals surface area contributed by atoms with Gasteiger partial charge in [0.05, 0.1) is 11.8 Å². The van der Waals surface area contributed by atoms with Crippen LogP contribution in [0.3, 0.4) is 0 Å². The van der Waals surface area contributed by atoms with Crippen LogP contribution in [0.4, 0.5) is 0 Å². The quantitative estimate of drug-likeness (QED) is 0.570. The number of hydrogen-bond donors (Lipinski definition) is 2. The lowest BCUT2D eigenvalue weighted by Crippen LogP contribution is -2.44. The topological polar surface area (TPSA) is 39.5 Å². The Bertz CT molecular complexity index is 353. The van der Waals surface area contributed by atoms with Gasteiger partial charge in [0.25, 0.3) is 0 Å². The first-order valence-electron chi connectivity index (χ1n) is 8.05. The van der Waals surface area contributed by atoms with Crippen molar-refractivity contribution in [3.05, 3.63) is 0 Å². The first kappa shape index (κ1) is 16.0. The molecule has 20 heavy (non-hydrogen) atoms. The minimum absolute atomic E-state index is 0.365. The molecule has 0 aliphatic carbocycles. The number of nitrogens with one attached hydrogen (secondary N) is 1. The van der Waals surface area contributed by atoms with E-state index in [1.165, 1.54) is 12.8 Å². The molecule has 0 spiro atoms. The summed E-state index contributed by atoms with van der Waals surface area (Å²) in [6, 6.07) is 1.67. The minimum Gasteiger partial charge on any atom is -0.303 e. The average molecular weight is 295 g/mol. The zero-order valence-electron chi connectivity index (χ0n) is 13.0. The van der Waals surface area contributed by atoms with Crippen molar-refractivity contribution < 1.29 is 0 Å². The van der Waals surface area contributed by atoms with Crippen LogP contribution in [-0.4, -0.2) is 40.8 Å². The van der Waals surface area contributed by atoms with E-state index in [9.17, 15) is 0 Å². The van der Waals surface area contributed by atoms with Crippen LogP contribution < -0.4 is 0 Å². The monoisotopic (exact) mass is 295 g/mol. The van der Waals surface area contributed by atoms with E-state index < -0.39 is 0 Å². The molecular formula is C16H29N3S. The fourth-order valence-electron chi connectivity index (χ4n) is 3.79. The van der Waals surface area contributed by atoms with Crippen LogP contribution >= 0.6 is 12.6 Å². The first-order chi connectivity index (χ1) is 9.56. The van der Waals surface area contributed by atoms with E-state index in [-0.39, 0.29) is 0 Å². The fourth-order valence-corrected chi connectivity index (χ4v) is 4.25. The lowest BCUT2D eigenvalue weighted by Gasteiger charge is -2.37. The predicted octanol–water partition coefficient (Wildman–Crippen LogP) is 3.64. The van der Waals surface area contributed by atoms with Crippen LogP contribution in [0.1, 0.15) is 52.9 Å². The largest absolute Gasteiger partial charge is 0.303 e. The van der Waals surface area contributed by atoms with Crippen molar-refractivity contribution >= 4 is 24.6 Å². The summed E-state index contributed by atoms with van der Waals surface area (Å²) < 4.78 is 0. The first-order valence-corrected chi connectivity index (χ1v) is 8.68. The summed E-state index contributed by atoms with van der Waals surface area (Å²) in [7, 11) is 0. The molecular weight excluding hydrogens is 266 g/mol. The van der Waals surface area contributed by atoms with Crippen LogP contribution in [0.2, 0.25) is 0 Å². The standard InChI is InChI=1S/C16H29N3S/c1-4-16(11(2)3)18-9-15(17)12-7-13-5-6-14(8-12)19(13)10-20/h9,11-14,16-17,20H,4-8,10H2,1-3H3. The van der Waals surface area contributed by atoms with Gasteiger partial charge in [0.2, 0.25) is 0 Å². The molecule has 2 saturated heterocycles. The van der Waals surface area contributed by atoms with Crippen molar-refractivity contribution in [2.75, 3.05) is 5.88 Å². The fraction of sp³-hybridized carbons (Fsp3) is 0.875. The summed E-state index contributed by atoms with van der Waals surface area (Å²) in [5, 5.41) is 8.34. The summed E-state index contributed by atoms with van der Waals surface area (Å²) in [6.45, 7) is 6.60. The molecule has 0 aromatic rings. The van der Waals surface area contributed by atoms with Gasteiger partial charge in [0.1, 0.15) is 0 Å². The third-order valence-electron chi connectivity index (χ3n) is 5.08. The van der Waals surface area contributed by atoms with E-state index in [0.717, 1.165) is 30.9 Å². The third-order valence-corrected chi connectivity index (χ3v) is 5.41. The van der Waals surface area contributed by atoms with E-state index in [1.807, 2.05) is 6.21 Å². The molecule has 0 radical (unpaired) electrons. The second kappa shape index (κ2) is 7.08. The zero-order chi connectivity index (χ0) is 14.7. The van der Waals surface area contributed by atoms with Gasteiger partial charge in [0, 0.05) is 30.1 Å². The number of hydrogen-bond acceptors (Lipinski definition) is 4. The molecule has 2 fully saturated rings. The Morgan fingerprint density at radius 3 is 2.40 bits per heavy atom. The van der Waals surface area contributed by atoms with Crippen molar-refractivity contribution in [2.45, 2.75) is 71.0 Å². The molecule has 2 heterocycles. The molecule has 2 rings (SSSR count). The smallest absolute Gasteiger partial charge is 0.0524 e. The highest BCUT2D eigenvalue weighted by molar-refractivity contribution is 7.80. The molecule has 0 aromatic carbocycles. The maximum Gasteiger partial charge on any atom is 0.0524 e. The maximum absolute atomic E-state index is 8.34. The third kappa shape index (κ3) is 3.45. The van der Waals surface area contributed by atoms with Crippen molar-refractivity contribution in [3.63, 3.8) is 0 Å². The summed E-state index contributed by atoms with van der Waals surface area (Å²) in [6.07, 6.45) is 7.74. The Labute approximate surface area is 129 Å². The Hall–Kier alpha value is -0.350. The normalized spacial score (nSPS) is 32.1. The Morgan fingerprint density at radius 1 is 1.35 bits per heavy atom. The highest BCUT2D eigenvalue weighted by Crippen LogP contribution is 2.38. The van der Waals surface area contributed by atoms with Gasteiger partial charge in [-0.3, -0.25) is 9.89 Å². The number of nitrogens with zero attached hydrogens (tertiary/aromatic N) is 2. The van der Waals surface area contributed by atoms with E-state index in [0.29, 0.717) is 30.0 Å². The van der Waals surface area contributed by atoms with Crippen molar-refractivity contribution in [1.82, 2.24) is 4.90 Å². The lowest BCUT2D eigenvalue weighted by molar-refractivity contribution is 0.151. The SMILES string of the molecule is CCC(N=CC(=N)C1CC2CCC(C1)N2CS)C(C)C. The lowest BCUT2D eigenvalue weighted by atomic mass is 9.87. The molecule has 2 bridgehead atoms. The van der Waals surface area contributed by atoms with Gasteiger partial charge in [-0.25, -0.2) is 0 Å². The van der Waals surface area contributed by atoms with Gasteiger partial charge in [-0.15, -0.1) is 0 Å². The number of rotatable bonds is 6. The van der Waals surface area contributed by atoms with Crippen molar-refractivity contribution in [3.8, 4) is 0 Å². The van der Waals surface area contributed by atoms with Gasteiger partial charge >= 0.3 is 0 Å². The van der Waals surface area contributed by atoms with Crippen LogP contribution in [0.5, 0.6) is 0 Å². The van der Waals surface area contributed by atoms with Crippen LogP contribution in [0, 0.1) is 17.2 Å². The molecule has 3 nitrogen and oxygen atoms in total. The minimum atomic E-state index is 0.365. The molecule has 1 N–H and O–H groups in total. The van der Waals surface area contributed by atoms with Gasteiger partial charge in [0.15, 0.2) is 0 Å². The molecule has 4 heteroatoms. The highest BCUT2D eigenvalue weighted by Gasteiger charge is 2.40. The molecule has 0 saturated carbocycles. The molecule has 3 unspecified atom stereocenters. The van der Waals surface area contributed by atoms with Crippen molar-refractivity contribution in [1.29, 1.82) is 5.41 Å². The molecule has 0 aromatic heterocycles. The van der Waals surface area contributed by atoms with Crippen LogP contribution in [0.15, 0.2) is 4.99 Å². The average Bonchev–Trinajstić information content (AvgIpc) is 2.67. The van der Waals surface area contributed by atoms with E-state index in [1.54, 1.807) is 0 Å². The Kier molecular flexibility index (Phi) is 5.67. The molecule has 114 valence electrons. The number of fused-ring (bicyclic) bond motifs is 2. The highest BCUT2D eigenvalue weighted by atomic mass is 32.1. The predicted molar refractivity (Wildman–Crippen MR) is 90.4 cm³/mol. The van der Waals surface area contributed by atoms with Crippen LogP contribution in [0.25, 0.3) is 0 Å². The van der Waals surface area contributed by atoms with Gasteiger partial charge < -0.3 is 5.41 Å². The van der Waals surface area contributed by atoms with E-state index in [2.05, 4.69) is 43.3 Å². The van der Waals surface area contributed by atoms with Crippen molar-refractivity contribution in [2.24, 2.45) is 16.8 Å². The van der Waals surface area contributed by atoms with Gasteiger partial charge in [-0.2, -0.15) is 12.6 Å². The molecule has 2 aliphatic rings. The molecule has 3 atom stereocenters. The molecule has 2 aliphatic heterocycles. The number of piperidine rings is 1. The summed E-state index contributed by atoms with van der Waals surface area (Å²) in [5.41, 5.74) is 0.750. The van der Waals surface area contributed by atoms with Gasteiger partial charge in [-0.1, -0.05) is 20.8 Å². The van der Waals surface area contributed by atoms with Gasteiger partial charge in [-0.05, 0) is 38.0 Å².